The average molecular weight is 456 g/mol. The Balaban J connectivity index is 2.17. The molecule has 0 saturated carbocycles. The molecule has 13 heteroatoms. The Morgan fingerprint density at radius 1 is 1.00 bits per heavy atom. The van der Waals surface area contributed by atoms with Crippen LogP contribution in [0.3, 0.4) is 0 Å². The molecule has 28 heavy (non-hydrogen) atoms. The molecular weight excluding hydrogens is 448 g/mol. The van der Waals surface area contributed by atoms with Crippen molar-refractivity contribution in [3.8, 4) is 11.8 Å². The second-order valence-electron chi connectivity index (χ2n) is 5.50. The van der Waals surface area contributed by atoms with Gasteiger partial charge in [0.2, 0.25) is 0 Å². The Kier molecular flexibility index (Phi) is 4.31. The molecule has 148 valence electrons. The van der Waals surface area contributed by atoms with E-state index in [1.165, 1.54) is 18.5 Å². The van der Waals surface area contributed by atoms with Crippen LogP contribution in [0, 0.1) is 11.3 Å². The SMILES string of the molecule is N#Cc1cc(Nc2ccncc2)n(-c2c(Cl)cc(S(F)(F)(F)(F)F)cc2Cl)n1. The molecule has 0 radical (unpaired) electrons. The van der Waals surface area contributed by atoms with Gasteiger partial charge in [-0.3, -0.25) is 4.98 Å². The summed E-state index contributed by atoms with van der Waals surface area (Å²) in [4.78, 5) is 1.60. The topological polar surface area (TPSA) is 66.5 Å². The number of hydrogen-bond donors (Lipinski definition) is 1. The minimum absolute atomic E-state index is 0.0776. The van der Waals surface area contributed by atoms with Crippen LogP contribution in [0.2, 0.25) is 10.0 Å². The third-order valence-electron chi connectivity index (χ3n) is 3.42. The fraction of sp³-hybridized carbons (Fsp3) is 0. The van der Waals surface area contributed by atoms with Crippen molar-refractivity contribution < 1.29 is 19.4 Å². The summed E-state index contributed by atoms with van der Waals surface area (Å²) in [6.45, 7) is 0. The van der Waals surface area contributed by atoms with Gasteiger partial charge in [-0.15, -0.1) is 0 Å². The Morgan fingerprint density at radius 2 is 1.57 bits per heavy atom. The maximum absolute atomic E-state index is 13.1. The predicted octanol–water partition coefficient (Wildman–Crippen LogP) is 6.85. The van der Waals surface area contributed by atoms with E-state index in [9.17, 15) is 19.4 Å². The first kappa shape index (κ1) is 20.2. The van der Waals surface area contributed by atoms with E-state index in [1.54, 1.807) is 18.2 Å². The predicted molar refractivity (Wildman–Crippen MR) is 97.2 cm³/mol. The van der Waals surface area contributed by atoms with Crippen LogP contribution in [0.5, 0.6) is 0 Å². The van der Waals surface area contributed by atoms with Crippen LogP contribution in [0.15, 0.2) is 47.6 Å². The van der Waals surface area contributed by atoms with Crippen molar-refractivity contribution in [2.75, 3.05) is 5.32 Å². The van der Waals surface area contributed by atoms with Gasteiger partial charge < -0.3 is 5.32 Å². The molecule has 0 bridgehead atoms. The van der Waals surface area contributed by atoms with Crippen LogP contribution < -0.4 is 5.32 Å². The number of rotatable bonds is 4. The number of nitriles is 1. The van der Waals surface area contributed by atoms with Gasteiger partial charge in [0.1, 0.15) is 22.5 Å². The van der Waals surface area contributed by atoms with E-state index in [1.807, 2.05) is 0 Å². The zero-order valence-electron chi connectivity index (χ0n) is 13.4. The van der Waals surface area contributed by atoms with E-state index in [0.29, 0.717) is 5.69 Å². The minimum atomic E-state index is -9.99. The standard InChI is InChI=1S/C15H8Cl2F5N5S/c16-12-6-11(28(18,19,20,21)22)7-13(17)15(12)27-14(5-10(8-23)26-27)25-9-1-3-24-4-2-9/h1-7H,(H,24,25). The first-order chi connectivity index (χ1) is 12.8. The van der Waals surface area contributed by atoms with Gasteiger partial charge in [-0.05, 0) is 24.3 Å². The number of pyridine rings is 1. The maximum atomic E-state index is 13.1. The first-order valence-corrected chi connectivity index (χ1v) is 9.90. The summed E-state index contributed by atoms with van der Waals surface area (Å²) in [5.41, 5.74) is 0.101. The summed E-state index contributed by atoms with van der Waals surface area (Å²) in [5.74, 6) is 0.117. The smallest absolute Gasteiger partial charge is 0.310 e. The highest BCUT2D eigenvalue weighted by molar-refractivity contribution is 8.45. The molecule has 0 spiro atoms. The summed E-state index contributed by atoms with van der Waals surface area (Å²) in [5, 5.41) is 14.4. The molecule has 0 atom stereocenters. The molecule has 0 fully saturated rings. The molecule has 0 unspecified atom stereocenters. The Labute approximate surface area is 165 Å². The number of nitrogens with one attached hydrogen (secondary N) is 1. The molecule has 0 aliphatic heterocycles. The first-order valence-electron chi connectivity index (χ1n) is 7.19. The maximum Gasteiger partial charge on any atom is 0.310 e. The zero-order chi connectivity index (χ0) is 20.8. The highest BCUT2D eigenvalue weighted by atomic mass is 35.5. The van der Waals surface area contributed by atoms with Gasteiger partial charge in [-0.25, -0.2) is 4.68 Å². The van der Waals surface area contributed by atoms with Gasteiger partial charge in [0, 0.05) is 24.1 Å². The third-order valence-corrected chi connectivity index (χ3v) is 5.13. The lowest BCUT2D eigenvalue weighted by atomic mass is 10.3. The van der Waals surface area contributed by atoms with Crippen LogP contribution in [0.25, 0.3) is 5.69 Å². The molecule has 3 aromatic rings. The lowest BCUT2D eigenvalue weighted by molar-refractivity contribution is 0.364. The Bertz CT molecular complexity index is 1090. The van der Waals surface area contributed by atoms with Crippen LogP contribution in [0.1, 0.15) is 5.69 Å². The fourth-order valence-corrected chi connectivity index (χ4v) is 3.70. The van der Waals surface area contributed by atoms with Gasteiger partial charge in [0.05, 0.1) is 10.0 Å². The van der Waals surface area contributed by atoms with Gasteiger partial charge in [0.15, 0.2) is 5.69 Å². The molecule has 3 rings (SSSR count). The van der Waals surface area contributed by atoms with E-state index in [0.717, 1.165) is 4.68 Å². The molecule has 1 aromatic carbocycles. The number of benzene rings is 1. The second kappa shape index (κ2) is 5.97. The lowest BCUT2D eigenvalue weighted by Gasteiger charge is -2.40. The van der Waals surface area contributed by atoms with E-state index in [-0.39, 0.29) is 29.3 Å². The lowest BCUT2D eigenvalue weighted by Crippen LogP contribution is -2.09. The van der Waals surface area contributed by atoms with Crippen molar-refractivity contribution in [2.24, 2.45) is 0 Å². The van der Waals surface area contributed by atoms with Crippen molar-refractivity contribution in [1.29, 1.82) is 5.26 Å². The van der Waals surface area contributed by atoms with E-state index >= 15 is 0 Å². The van der Waals surface area contributed by atoms with Crippen LogP contribution in [-0.4, -0.2) is 14.8 Å². The zero-order valence-corrected chi connectivity index (χ0v) is 15.7. The normalized spacial score (nSPS) is 14.1. The van der Waals surface area contributed by atoms with Crippen molar-refractivity contribution in [3.05, 3.63) is 58.5 Å². The monoisotopic (exact) mass is 455 g/mol. The van der Waals surface area contributed by atoms with Crippen LogP contribution in [0.4, 0.5) is 30.9 Å². The van der Waals surface area contributed by atoms with Crippen LogP contribution in [-0.2, 0) is 0 Å². The molecule has 2 heterocycles. The molecule has 0 saturated heterocycles. The average Bonchev–Trinajstić information content (AvgIpc) is 2.96. The summed E-state index contributed by atoms with van der Waals surface area (Å²) in [6.07, 6.45) is 2.94. The number of aromatic nitrogens is 3. The van der Waals surface area contributed by atoms with Gasteiger partial charge >= 0.3 is 10.2 Å². The molecule has 5 nitrogen and oxygen atoms in total. The molecular formula is C15H8Cl2F5N5S. The van der Waals surface area contributed by atoms with E-state index in [4.69, 9.17) is 28.5 Å². The number of hydrogen-bond acceptors (Lipinski definition) is 4. The summed E-state index contributed by atoms with van der Waals surface area (Å²) in [7, 11) is -9.99. The largest absolute Gasteiger partial charge is 0.340 e. The second-order valence-corrected chi connectivity index (χ2v) is 8.73. The number of nitrogens with zero attached hydrogens (tertiary/aromatic N) is 4. The number of halogens is 7. The summed E-state index contributed by atoms with van der Waals surface area (Å²) >= 11 is 11.7. The van der Waals surface area contributed by atoms with Gasteiger partial charge in [-0.2, -0.15) is 10.4 Å². The summed E-state index contributed by atoms with van der Waals surface area (Å²) in [6, 6.07) is 6.35. The fourth-order valence-electron chi connectivity index (χ4n) is 2.25. The van der Waals surface area contributed by atoms with E-state index < -0.39 is 25.2 Å². The van der Waals surface area contributed by atoms with E-state index in [2.05, 4.69) is 15.4 Å². The number of anilines is 2. The third kappa shape index (κ3) is 4.14. The van der Waals surface area contributed by atoms with Crippen molar-refractivity contribution >= 4 is 44.9 Å². The molecule has 0 amide bonds. The van der Waals surface area contributed by atoms with Crippen molar-refractivity contribution in [3.63, 3.8) is 0 Å². The van der Waals surface area contributed by atoms with Crippen molar-refractivity contribution in [2.45, 2.75) is 4.90 Å². The molecule has 1 N–H and O–H groups in total. The van der Waals surface area contributed by atoms with Gasteiger partial charge in [0.25, 0.3) is 0 Å². The van der Waals surface area contributed by atoms with Crippen LogP contribution >= 0.6 is 33.4 Å². The van der Waals surface area contributed by atoms with Gasteiger partial charge in [-0.1, -0.05) is 42.6 Å². The molecule has 0 aliphatic rings. The Hall–Kier alpha value is -2.55. The molecule has 0 aliphatic carbocycles. The highest BCUT2D eigenvalue weighted by Crippen LogP contribution is 3.02. The quantitative estimate of drug-likeness (QED) is 0.437. The van der Waals surface area contributed by atoms with Crippen molar-refractivity contribution in [1.82, 2.24) is 14.8 Å². The Morgan fingerprint density at radius 3 is 2.07 bits per heavy atom. The summed E-state index contributed by atoms with van der Waals surface area (Å²) < 4.78 is 66.3. The molecule has 2 aromatic heterocycles. The highest BCUT2D eigenvalue weighted by Gasteiger charge is 2.65. The minimum Gasteiger partial charge on any atom is -0.340 e.